The Morgan fingerprint density at radius 3 is 2.41 bits per heavy atom. The highest BCUT2D eigenvalue weighted by atomic mass is 16.5. The van der Waals surface area contributed by atoms with E-state index in [1.54, 1.807) is 37.5 Å². The number of methoxy groups -OCH3 is 2. The van der Waals surface area contributed by atoms with Crippen LogP contribution in [-0.4, -0.2) is 31.0 Å². The first kappa shape index (κ1) is 22.9. The summed E-state index contributed by atoms with van der Waals surface area (Å²) in [7, 11) is 3.05. The van der Waals surface area contributed by atoms with Crippen molar-refractivity contribution in [1.82, 2.24) is 0 Å². The minimum Gasteiger partial charge on any atom is -0.503 e. The molecule has 1 heterocycles. The third-order valence-electron chi connectivity index (χ3n) is 5.72. The monoisotopic (exact) mass is 455 g/mol. The van der Waals surface area contributed by atoms with Crippen molar-refractivity contribution < 1.29 is 24.2 Å². The molecule has 6 heteroatoms. The molecule has 1 aliphatic heterocycles. The summed E-state index contributed by atoms with van der Waals surface area (Å²) in [5, 5.41) is 10.9. The average Bonchev–Trinajstić information content (AvgIpc) is 3.12. The molecule has 34 heavy (non-hydrogen) atoms. The lowest BCUT2D eigenvalue weighted by Crippen LogP contribution is -2.31. The number of rotatable bonds is 7. The highest BCUT2D eigenvalue weighted by Crippen LogP contribution is 2.45. The molecule has 0 aliphatic carbocycles. The largest absolute Gasteiger partial charge is 0.503 e. The Kier molecular flexibility index (Phi) is 6.50. The fourth-order valence-electron chi connectivity index (χ4n) is 4.07. The molecule has 0 unspecified atom stereocenters. The zero-order valence-electron chi connectivity index (χ0n) is 19.2. The van der Waals surface area contributed by atoms with Gasteiger partial charge in [-0.3, -0.25) is 14.5 Å². The Morgan fingerprint density at radius 1 is 0.971 bits per heavy atom. The molecule has 6 nitrogen and oxygen atoms in total. The predicted molar refractivity (Wildman–Crippen MR) is 131 cm³/mol. The van der Waals surface area contributed by atoms with Gasteiger partial charge in [0.2, 0.25) is 0 Å². The molecule has 0 aromatic heterocycles. The lowest BCUT2D eigenvalue weighted by Gasteiger charge is -2.28. The van der Waals surface area contributed by atoms with E-state index in [1.807, 2.05) is 55.5 Å². The molecule has 0 spiro atoms. The van der Waals surface area contributed by atoms with Gasteiger partial charge < -0.3 is 14.6 Å². The lowest BCUT2D eigenvalue weighted by atomic mass is 9.94. The van der Waals surface area contributed by atoms with Crippen molar-refractivity contribution in [1.29, 1.82) is 0 Å². The number of ether oxygens (including phenoxy) is 2. The van der Waals surface area contributed by atoms with Crippen LogP contribution in [0.1, 0.15) is 22.7 Å². The van der Waals surface area contributed by atoms with E-state index in [-0.39, 0.29) is 5.57 Å². The van der Waals surface area contributed by atoms with E-state index >= 15 is 0 Å². The quantitative estimate of drug-likeness (QED) is 0.496. The Bertz CT molecular complexity index is 1290. The van der Waals surface area contributed by atoms with Crippen molar-refractivity contribution in [2.24, 2.45) is 0 Å². The zero-order chi connectivity index (χ0) is 24.2. The third-order valence-corrected chi connectivity index (χ3v) is 5.72. The second-order valence-electron chi connectivity index (χ2n) is 7.90. The molecular weight excluding hydrogens is 430 g/mol. The van der Waals surface area contributed by atoms with Crippen molar-refractivity contribution in [2.75, 3.05) is 19.1 Å². The Labute approximate surface area is 198 Å². The number of allylic oxidation sites excluding steroid dienone is 1. The number of hydrogen-bond acceptors (Lipinski definition) is 5. The van der Waals surface area contributed by atoms with Crippen molar-refractivity contribution in [3.05, 3.63) is 107 Å². The van der Waals surface area contributed by atoms with Gasteiger partial charge in [-0.25, -0.2) is 0 Å². The van der Waals surface area contributed by atoms with Crippen LogP contribution in [0, 0.1) is 6.92 Å². The minimum atomic E-state index is -0.886. The van der Waals surface area contributed by atoms with E-state index in [9.17, 15) is 14.7 Å². The topological polar surface area (TPSA) is 76.1 Å². The van der Waals surface area contributed by atoms with E-state index in [4.69, 9.17) is 9.47 Å². The molecule has 0 saturated heterocycles. The number of carbonyl (C=O) groups excluding carboxylic acids is 2. The fourth-order valence-corrected chi connectivity index (χ4v) is 4.07. The van der Waals surface area contributed by atoms with Gasteiger partial charge in [0.1, 0.15) is 11.5 Å². The number of aliphatic hydroxyl groups is 1. The molecular formula is C28H25NO5. The lowest BCUT2D eigenvalue weighted by molar-refractivity contribution is -0.117. The highest BCUT2D eigenvalue weighted by Gasteiger charge is 2.45. The Balaban J connectivity index is 1.85. The van der Waals surface area contributed by atoms with Gasteiger partial charge in [0.25, 0.3) is 5.91 Å². The highest BCUT2D eigenvalue weighted by molar-refractivity contribution is 6.20. The summed E-state index contributed by atoms with van der Waals surface area (Å²) in [5.41, 5.74) is 2.87. The summed E-state index contributed by atoms with van der Waals surface area (Å²) in [6.45, 7) is 1.91. The number of hydrogen-bond donors (Lipinski definition) is 1. The molecule has 1 N–H and O–H groups in total. The van der Waals surface area contributed by atoms with Crippen molar-refractivity contribution in [3.8, 4) is 11.5 Å². The SMILES string of the molecule is COc1ccc([C@H]2C(C(=O)/C=C/c3ccccc3)=C(O)C(=O)N2c2cccc(C)c2)c(OC)c1. The van der Waals surface area contributed by atoms with Gasteiger partial charge in [0.15, 0.2) is 11.5 Å². The molecule has 0 radical (unpaired) electrons. The van der Waals surface area contributed by atoms with E-state index in [0.717, 1.165) is 11.1 Å². The molecule has 0 saturated carbocycles. The zero-order valence-corrected chi connectivity index (χ0v) is 19.2. The smallest absolute Gasteiger partial charge is 0.294 e. The molecule has 4 rings (SSSR count). The normalized spacial score (nSPS) is 15.8. The van der Waals surface area contributed by atoms with E-state index in [2.05, 4.69) is 0 Å². The average molecular weight is 456 g/mol. The predicted octanol–water partition coefficient (Wildman–Crippen LogP) is 5.19. The van der Waals surface area contributed by atoms with E-state index < -0.39 is 23.5 Å². The van der Waals surface area contributed by atoms with E-state index in [1.165, 1.54) is 18.1 Å². The summed E-state index contributed by atoms with van der Waals surface area (Å²) < 4.78 is 10.9. The van der Waals surface area contributed by atoms with Crippen LogP contribution in [0.25, 0.3) is 6.08 Å². The van der Waals surface area contributed by atoms with Crippen LogP contribution in [0.2, 0.25) is 0 Å². The number of amides is 1. The summed E-state index contributed by atoms with van der Waals surface area (Å²) in [4.78, 5) is 28.1. The van der Waals surface area contributed by atoms with Crippen molar-refractivity contribution >= 4 is 23.5 Å². The first-order chi connectivity index (χ1) is 16.4. The molecule has 172 valence electrons. The molecule has 0 bridgehead atoms. The van der Waals surface area contributed by atoms with Crippen LogP contribution >= 0.6 is 0 Å². The van der Waals surface area contributed by atoms with Crippen molar-refractivity contribution in [2.45, 2.75) is 13.0 Å². The van der Waals surface area contributed by atoms with Crippen LogP contribution < -0.4 is 14.4 Å². The number of benzene rings is 3. The summed E-state index contributed by atoms with van der Waals surface area (Å²) in [5.74, 6) is -0.691. The molecule has 3 aromatic rings. The minimum absolute atomic E-state index is 0.0119. The summed E-state index contributed by atoms with van der Waals surface area (Å²) >= 11 is 0. The summed E-state index contributed by atoms with van der Waals surface area (Å²) in [6, 6.07) is 21.0. The van der Waals surface area contributed by atoms with Gasteiger partial charge in [0, 0.05) is 17.3 Å². The van der Waals surface area contributed by atoms with Crippen LogP contribution in [0.3, 0.4) is 0 Å². The second-order valence-corrected chi connectivity index (χ2v) is 7.90. The maximum atomic E-state index is 13.4. The van der Waals surface area contributed by atoms with Crippen LogP contribution in [0.15, 0.2) is 90.2 Å². The maximum absolute atomic E-state index is 13.4. The molecule has 1 aliphatic rings. The van der Waals surface area contributed by atoms with Gasteiger partial charge in [0.05, 0.1) is 25.8 Å². The first-order valence-electron chi connectivity index (χ1n) is 10.8. The number of anilines is 1. The number of aryl methyl sites for hydroxylation is 1. The van der Waals surface area contributed by atoms with Gasteiger partial charge in [-0.05, 0) is 48.4 Å². The second kappa shape index (κ2) is 9.67. The Morgan fingerprint density at radius 2 is 1.74 bits per heavy atom. The van der Waals surface area contributed by atoms with Gasteiger partial charge >= 0.3 is 0 Å². The van der Waals surface area contributed by atoms with Crippen molar-refractivity contribution in [3.63, 3.8) is 0 Å². The van der Waals surface area contributed by atoms with Crippen LogP contribution in [0.5, 0.6) is 11.5 Å². The summed E-state index contributed by atoms with van der Waals surface area (Å²) in [6.07, 6.45) is 3.03. The molecule has 0 fully saturated rings. The van der Waals surface area contributed by atoms with Gasteiger partial charge in [-0.15, -0.1) is 0 Å². The molecule has 1 amide bonds. The third kappa shape index (κ3) is 4.30. The first-order valence-corrected chi connectivity index (χ1v) is 10.8. The number of ketones is 1. The number of carbonyl (C=O) groups is 2. The standard InChI is InChI=1S/C28H25NO5/c1-18-8-7-11-20(16-18)29-26(22-14-13-21(33-2)17-24(22)34-3)25(27(31)28(29)32)23(30)15-12-19-9-5-4-6-10-19/h4-17,26,31H,1-3H3/b15-12+/t26-/m0/s1. The van der Waals surface area contributed by atoms with Crippen LogP contribution in [-0.2, 0) is 9.59 Å². The number of nitrogens with zero attached hydrogens (tertiary/aromatic N) is 1. The fraction of sp³-hybridized carbons (Fsp3) is 0.143. The molecule has 1 atom stereocenters. The van der Waals surface area contributed by atoms with Gasteiger partial charge in [-0.1, -0.05) is 48.5 Å². The maximum Gasteiger partial charge on any atom is 0.294 e. The van der Waals surface area contributed by atoms with Crippen LogP contribution in [0.4, 0.5) is 5.69 Å². The molecule has 3 aromatic carbocycles. The van der Waals surface area contributed by atoms with Gasteiger partial charge in [-0.2, -0.15) is 0 Å². The van der Waals surface area contributed by atoms with E-state index in [0.29, 0.717) is 22.7 Å². The Hall–Kier alpha value is -4.32. The number of aliphatic hydroxyl groups excluding tert-OH is 1.